The summed E-state index contributed by atoms with van der Waals surface area (Å²) in [5.74, 6) is 0.605. The van der Waals surface area contributed by atoms with E-state index in [-0.39, 0.29) is 0 Å². The highest BCUT2D eigenvalue weighted by Crippen LogP contribution is 2.42. The van der Waals surface area contributed by atoms with E-state index >= 15 is 0 Å². The molecule has 0 amide bonds. The Bertz CT molecular complexity index is 3480. The van der Waals surface area contributed by atoms with Crippen LogP contribution in [-0.4, -0.2) is 9.97 Å². The molecule has 0 N–H and O–H groups in total. The van der Waals surface area contributed by atoms with E-state index < -0.39 is 0 Å². The Morgan fingerprint density at radius 3 is 1.48 bits per heavy atom. The van der Waals surface area contributed by atoms with E-state index in [1.54, 1.807) is 0 Å². The maximum atomic E-state index is 6.61. The van der Waals surface area contributed by atoms with Gasteiger partial charge >= 0.3 is 0 Å². The summed E-state index contributed by atoms with van der Waals surface area (Å²) in [7, 11) is 0. The van der Waals surface area contributed by atoms with E-state index in [0.29, 0.717) is 5.82 Å². The van der Waals surface area contributed by atoms with Gasteiger partial charge in [-0.05, 0) is 92.7 Å². The van der Waals surface area contributed by atoms with E-state index in [2.05, 4.69) is 182 Å². The fourth-order valence-corrected chi connectivity index (χ4v) is 8.86. The van der Waals surface area contributed by atoms with Crippen molar-refractivity contribution in [2.24, 2.45) is 0 Å². The van der Waals surface area contributed by atoms with Gasteiger partial charge in [-0.2, -0.15) is 0 Å². The highest BCUT2D eigenvalue weighted by atomic mass is 16.3. The Labute approximate surface area is 345 Å². The number of benzene rings is 9. The standard InChI is InChI=1S/C56H34N2O2/c1-2-14-35(15-3-1)37-18-10-19-38(32-37)49-33-39(41-23-11-17-36-16-4-5-20-40(36)41)30-31-46(49)56-57-50(47-26-12-24-44-42-21-6-8-28-52(42)59-54(44)47)34-51(58-56)48-27-13-25-45-43-22-7-9-29-53(43)60-55(45)48/h1-34H. The van der Waals surface area contributed by atoms with Crippen molar-refractivity contribution < 1.29 is 8.83 Å². The summed E-state index contributed by atoms with van der Waals surface area (Å²) in [6, 6.07) is 72.1. The number of rotatable bonds is 6. The third-order valence-electron chi connectivity index (χ3n) is 11.7. The van der Waals surface area contributed by atoms with Gasteiger partial charge in [0, 0.05) is 38.2 Å². The molecule has 0 unspecified atom stereocenters. The lowest BCUT2D eigenvalue weighted by Crippen LogP contribution is -1.98. The first-order valence-electron chi connectivity index (χ1n) is 20.2. The fraction of sp³-hybridized carbons (Fsp3) is 0. The van der Waals surface area contributed by atoms with Crippen molar-refractivity contribution in [3.63, 3.8) is 0 Å². The third kappa shape index (κ3) is 5.61. The highest BCUT2D eigenvalue weighted by molar-refractivity contribution is 6.11. The number of hydrogen-bond donors (Lipinski definition) is 0. The summed E-state index contributed by atoms with van der Waals surface area (Å²) in [6.45, 7) is 0. The lowest BCUT2D eigenvalue weighted by molar-refractivity contribution is 0.669. The van der Waals surface area contributed by atoms with Crippen molar-refractivity contribution in [2.75, 3.05) is 0 Å². The van der Waals surface area contributed by atoms with Gasteiger partial charge in [0.25, 0.3) is 0 Å². The molecule has 0 spiro atoms. The maximum Gasteiger partial charge on any atom is 0.161 e. The van der Waals surface area contributed by atoms with Crippen LogP contribution < -0.4 is 0 Å². The number of furan rings is 2. The van der Waals surface area contributed by atoms with Gasteiger partial charge in [0.1, 0.15) is 22.3 Å². The number of fused-ring (bicyclic) bond motifs is 7. The molecule has 0 radical (unpaired) electrons. The molecule has 12 rings (SSSR count). The molecule has 0 aliphatic heterocycles. The largest absolute Gasteiger partial charge is 0.455 e. The van der Waals surface area contributed by atoms with Crippen LogP contribution >= 0.6 is 0 Å². The smallest absolute Gasteiger partial charge is 0.161 e. The van der Waals surface area contributed by atoms with Crippen molar-refractivity contribution in [3.8, 4) is 67.3 Å². The Kier molecular flexibility index (Phi) is 7.82. The van der Waals surface area contributed by atoms with Crippen molar-refractivity contribution >= 4 is 54.6 Å². The first-order chi connectivity index (χ1) is 29.7. The van der Waals surface area contributed by atoms with Gasteiger partial charge < -0.3 is 8.83 Å². The molecule has 0 aliphatic rings. The molecule has 4 heteroatoms. The predicted molar refractivity (Wildman–Crippen MR) is 247 cm³/mol. The van der Waals surface area contributed by atoms with Crippen LogP contribution in [0, 0.1) is 0 Å². The Balaban J connectivity index is 1.14. The molecular formula is C56H34N2O2. The fourth-order valence-electron chi connectivity index (χ4n) is 8.86. The number of hydrogen-bond acceptors (Lipinski definition) is 4. The lowest BCUT2D eigenvalue weighted by Gasteiger charge is -2.16. The summed E-state index contributed by atoms with van der Waals surface area (Å²) >= 11 is 0. The number of nitrogens with zero attached hydrogens (tertiary/aromatic N) is 2. The quantitative estimate of drug-likeness (QED) is 0.169. The molecular weight excluding hydrogens is 733 g/mol. The second-order valence-corrected chi connectivity index (χ2v) is 15.3. The van der Waals surface area contributed by atoms with Crippen molar-refractivity contribution in [3.05, 3.63) is 206 Å². The van der Waals surface area contributed by atoms with Crippen LogP contribution in [0.4, 0.5) is 0 Å². The summed E-state index contributed by atoms with van der Waals surface area (Å²) < 4.78 is 13.2. The highest BCUT2D eigenvalue weighted by Gasteiger charge is 2.21. The molecule has 4 nitrogen and oxygen atoms in total. The summed E-state index contributed by atoms with van der Waals surface area (Å²) in [5, 5.41) is 6.63. The lowest BCUT2D eigenvalue weighted by atomic mass is 9.90. The zero-order chi connectivity index (χ0) is 39.6. The first-order valence-corrected chi connectivity index (χ1v) is 20.2. The molecule has 9 aromatic carbocycles. The minimum absolute atomic E-state index is 0.605. The summed E-state index contributed by atoms with van der Waals surface area (Å²) in [5.41, 5.74) is 14.2. The van der Waals surface area contributed by atoms with E-state index in [1.165, 1.54) is 16.3 Å². The van der Waals surface area contributed by atoms with Gasteiger partial charge in [-0.25, -0.2) is 9.97 Å². The average Bonchev–Trinajstić information content (AvgIpc) is 3.90. The minimum atomic E-state index is 0.605. The molecule has 0 aliphatic carbocycles. The van der Waals surface area contributed by atoms with Crippen molar-refractivity contribution in [1.82, 2.24) is 9.97 Å². The normalized spacial score (nSPS) is 11.7. The Morgan fingerprint density at radius 2 is 0.783 bits per heavy atom. The minimum Gasteiger partial charge on any atom is -0.455 e. The van der Waals surface area contributed by atoms with Crippen LogP contribution in [-0.2, 0) is 0 Å². The van der Waals surface area contributed by atoms with Gasteiger partial charge in [0.2, 0.25) is 0 Å². The molecule has 0 bridgehead atoms. The second kappa shape index (κ2) is 13.8. The van der Waals surface area contributed by atoms with Gasteiger partial charge in [-0.15, -0.1) is 0 Å². The monoisotopic (exact) mass is 766 g/mol. The molecule has 0 fully saturated rings. The van der Waals surface area contributed by atoms with Gasteiger partial charge in [0.05, 0.1) is 11.4 Å². The van der Waals surface area contributed by atoms with Crippen LogP contribution in [0.2, 0.25) is 0 Å². The zero-order valence-electron chi connectivity index (χ0n) is 32.3. The van der Waals surface area contributed by atoms with Gasteiger partial charge in [0.15, 0.2) is 5.82 Å². The molecule has 3 aromatic heterocycles. The zero-order valence-corrected chi connectivity index (χ0v) is 32.3. The predicted octanol–water partition coefficient (Wildman–Crippen LogP) is 15.4. The second-order valence-electron chi connectivity index (χ2n) is 15.3. The summed E-state index contributed by atoms with van der Waals surface area (Å²) in [4.78, 5) is 10.9. The maximum absolute atomic E-state index is 6.61. The van der Waals surface area contributed by atoms with Crippen LogP contribution in [0.1, 0.15) is 0 Å². The molecule has 280 valence electrons. The topological polar surface area (TPSA) is 52.1 Å². The van der Waals surface area contributed by atoms with Crippen LogP contribution in [0.5, 0.6) is 0 Å². The first kappa shape index (κ1) is 34.0. The summed E-state index contributed by atoms with van der Waals surface area (Å²) in [6.07, 6.45) is 0. The van der Waals surface area contributed by atoms with Crippen molar-refractivity contribution in [2.45, 2.75) is 0 Å². The van der Waals surface area contributed by atoms with Crippen LogP contribution in [0.15, 0.2) is 215 Å². The Morgan fingerprint density at radius 1 is 0.283 bits per heavy atom. The number of para-hydroxylation sites is 4. The molecule has 60 heavy (non-hydrogen) atoms. The number of aromatic nitrogens is 2. The SMILES string of the molecule is c1ccc(-c2cccc(-c3cc(-c4cccc5ccccc45)ccc3-c3nc(-c4cccc5c4oc4ccccc45)cc(-c4cccc5c4oc4ccccc45)n3)c2)cc1. The van der Waals surface area contributed by atoms with Crippen LogP contribution in [0.25, 0.3) is 122 Å². The third-order valence-corrected chi connectivity index (χ3v) is 11.7. The van der Waals surface area contributed by atoms with E-state index in [4.69, 9.17) is 18.8 Å². The van der Waals surface area contributed by atoms with E-state index in [1.807, 2.05) is 24.3 Å². The Hall–Kier alpha value is -8.08. The molecule has 0 saturated carbocycles. The molecule has 12 aromatic rings. The molecule has 3 heterocycles. The molecule has 0 saturated heterocycles. The van der Waals surface area contributed by atoms with Gasteiger partial charge in [-0.3, -0.25) is 0 Å². The van der Waals surface area contributed by atoms with E-state index in [9.17, 15) is 0 Å². The van der Waals surface area contributed by atoms with Crippen molar-refractivity contribution in [1.29, 1.82) is 0 Å². The van der Waals surface area contributed by atoms with Gasteiger partial charge in [-0.1, -0.05) is 158 Å². The molecule has 0 atom stereocenters. The van der Waals surface area contributed by atoms with Crippen LogP contribution in [0.3, 0.4) is 0 Å². The average molecular weight is 767 g/mol. The van der Waals surface area contributed by atoms with E-state index in [0.717, 1.165) is 99.8 Å².